The van der Waals surface area contributed by atoms with Gasteiger partial charge < -0.3 is 11.5 Å². The van der Waals surface area contributed by atoms with E-state index in [2.05, 4.69) is 9.88 Å². The Kier molecular flexibility index (Phi) is 4.28. The van der Waals surface area contributed by atoms with Crippen molar-refractivity contribution in [3.63, 3.8) is 0 Å². The van der Waals surface area contributed by atoms with Gasteiger partial charge in [-0.15, -0.1) is 0 Å². The molecule has 0 aromatic carbocycles. The molecule has 0 saturated carbocycles. The van der Waals surface area contributed by atoms with E-state index in [1.54, 1.807) is 12.4 Å². The van der Waals surface area contributed by atoms with Crippen LogP contribution in [-0.4, -0.2) is 34.9 Å². The van der Waals surface area contributed by atoms with Crippen LogP contribution in [0, 0.1) is 0 Å². The van der Waals surface area contributed by atoms with E-state index in [1.807, 2.05) is 12.1 Å². The number of hydrogen-bond donors (Lipinski definition) is 2. The maximum atomic E-state index is 11.5. The molecule has 1 fully saturated rings. The summed E-state index contributed by atoms with van der Waals surface area (Å²) in [5, 5.41) is 0. The molecule has 5 nitrogen and oxygen atoms in total. The van der Waals surface area contributed by atoms with Gasteiger partial charge in [0.15, 0.2) is 0 Å². The van der Waals surface area contributed by atoms with Gasteiger partial charge >= 0.3 is 0 Å². The van der Waals surface area contributed by atoms with E-state index in [9.17, 15) is 4.79 Å². The molecule has 1 aliphatic heterocycles. The number of hydrogen-bond acceptors (Lipinski definition) is 4. The van der Waals surface area contributed by atoms with Crippen LogP contribution in [0.5, 0.6) is 0 Å². The van der Waals surface area contributed by atoms with Gasteiger partial charge in [-0.1, -0.05) is 6.42 Å². The van der Waals surface area contributed by atoms with Crippen LogP contribution >= 0.6 is 0 Å². The second-order valence-corrected chi connectivity index (χ2v) is 4.68. The summed E-state index contributed by atoms with van der Waals surface area (Å²) in [5.74, 6) is -0.248. The van der Waals surface area contributed by atoms with Crippen LogP contribution in [0.2, 0.25) is 0 Å². The molecular weight excluding hydrogens is 228 g/mol. The SMILES string of the molecule is NCC(c1ccncc1)N1CCCCC1C(N)=O. The lowest BCUT2D eigenvalue weighted by atomic mass is 9.96. The number of rotatable bonds is 4. The first-order valence-electron chi connectivity index (χ1n) is 6.39. The Morgan fingerprint density at radius 1 is 1.44 bits per heavy atom. The maximum absolute atomic E-state index is 11.5. The molecule has 0 radical (unpaired) electrons. The minimum atomic E-state index is -0.248. The van der Waals surface area contributed by atoms with Crippen LogP contribution in [0.3, 0.4) is 0 Å². The zero-order valence-electron chi connectivity index (χ0n) is 10.5. The molecule has 2 rings (SSSR count). The predicted molar refractivity (Wildman–Crippen MR) is 69.6 cm³/mol. The quantitative estimate of drug-likeness (QED) is 0.808. The highest BCUT2D eigenvalue weighted by molar-refractivity contribution is 5.80. The number of nitrogens with two attached hydrogens (primary N) is 2. The predicted octanol–water partition coefficient (Wildman–Crippen LogP) is 0.421. The molecule has 0 aliphatic carbocycles. The molecule has 2 unspecified atom stereocenters. The van der Waals surface area contributed by atoms with Crippen molar-refractivity contribution >= 4 is 5.91 Å². The van der Waals surface area contributed by atoms with Crippen LogP contribution in [0.4, 0.5) is 0 Å². The minimum absolute atomic E-state index is 0.0470. The third-order valence-corrected chi connectivity index (χ3v) is 3.59. The monoisotopic (exact) mass is 248 g/mol. The van der Waals surface area contributed by atoms with E-state index in [1.165, 1.54) is 0 Å². The van der Waals surface area contributed by atoms with Gasteiger partial charge in [-0.2, -0.15) is 0 Å². The molecule has 0 spiro atoms. The van der Waals surface area contributed by atoms with Gasteiger partial charge in [0.1, 0.15) is 0 Å². The Labute approximate surface area is 107 Å². The third kappa shape index (κ3) is 2.68. The zero-order valence-corrected chi connectivity index (χ0v) is 10.5. The number of carbonyl (C=O) groups excluding carboxylic acids is 1. The van der Waals surface area contributed by atoms with E-state index < -0.39 is 0 Å². The largest absolute Gasteiger partial charge is 0.368 e. The van der Waals surface area contributed by atoms with Crippen molar-refractivity contribution in [1.82, 2.24) is 9.88 Å². The number of aromatic nitrogens is 1. The summed E-state index contributed by atoms with van der Waals surface area (Å²) >= 11 is 0. The molecule has 18 heavy (non-hydrogen) atoms. The number of primary amides is 1. The fraction of sp³-hybridized carbons (Fsp3) is 0.538. The number of pyridine rings is 1. The Balaban J connectivity index is 2.22. The molecule has 1 amide bonds. The van der Waals surface area contributed by atoms with Gasteiger partial charge in [0.2, 0.25) is 5.91 Å². The van der Waals surface area contributed by atoms with Crippen molar-refractivity contribution in [2.24, 2.45) is 11.5 Å². The van der Waals surface area contributed by atoms with E-state index in [-0.39, 0.29) is 18.0 Å². The zero-order chi connectivity index (χ0) is 13.0. The third-order valence-electron chi connectivity index (χ3n) is 3.59. The van der Waals surface area contributed by atoms with Crippen molar-refractivity contribution in [3.05, 3.63) is 30.1 Å². The Bertz CT molecular complexity index is 395. The van der Waals surface area contributed by atoms with Gasteiger partial charge in [-0.25, -0.2) is 0 Å². The summed E-state index contributed by atoms with van der Waals surface area (Å²) in [6.45, 7) is 1.35. The van der Waals surface area contributed by atoms with Crippen molar-refractivity contribution in [2.75, 3.05) is 13.1 Å². The lowest BCUT2D eigenvalue weighted by Crippen LogP contribution is -2.50. The number of carbonyl (C=O) groups is 1. The van der Waals surface area contributed by atoms with Gasteiger partial charge in [0.25, 0.3) is 0 Å². The fourth-order valence-corrected chi connectivity index (χ4v) is 2.68. The minimum Gasteiger partial charge on any atom is -0.368 e. The molecule has 5 heteroatoms. The molecule has 0 bridgehead atoms. The average Bonchev–Trinajstić information content (AvgIpc) is 2.41. The van der Waals surface area contributed by atoms with Crippen molar-refractivity contribution < 1.29 is 4.79 Å². The Morgan fingerprint density at radius 2 is 2.17 bits per heavy atom. The molecule has 4 N–H and O–H groups in total. The van der Waals surface area contributed by atoms with E-state index in [4.69, 9.17) is 11.5 Å². The lowest BCUT2D eigenvalue weighted by molar-refractivity contribution is -0.125. The first kappa shape index (κ1) is 13.0. The summed E-state index contributed by atoms with van der Waals surface area (Å²) in [6, 6.07) is 3.75. The van der Waals surface area contributed by atoms with Gasteiger partial charge in [0, 0.05) is 25.0 Å². The standard InChI is InChI=1S/C13H20N4O/c14-9-12(10-4-6-16-7-5-10)17-8-2-1-3-11(17)13(15)18/h4-7,11-12H,1-3,8-9,14H2,(H2,15,18). The van der Waals surface area contributed by atoms with Gasteiger partial charge in [-0.3, -0.25) is 14.7 Å². The number of nitrogens with zero attached hydrogens (tertiary/aromatic N) is 2. The topological polar surface area (TPSA) is 85.2 Å². The number of piperidine rings is 1. The van der Waals surface area contributed by atoms with Crippen LogP contribution in [-0.2, 0) is 4.79 Å². The lowest BCUT2D eigenvalue weighted by Gasteiger charge is -2.39. The molecule has 1 aromatic heterocycles. The van der Waals surface area contributed by atoms with Crippen molar-refractivity contribution in [2.45, 2.75) is 31.3 Å². The summed E-state index contributed by atoms with van der Waals surface area (Å²) in [7, 11) is 0. The molecule has 2 atom stereocenters. The molecule has 1 saturated heterocycles. The normalized spacial score (nSPS) is 22.6. The van der Waals surface area contributed by atoms with Crippen molar-refractivity contribution in [1.29, 1.82) is 0 Å². The van der Waals surface area contributed by atoms with E-state index in [0.29, 0.717) is 6.54 Å². The summed E-state index contributed by atoms with van der Waals surface area (Å²) in [5.41, 5.74) is 12.5. The Hall–Kier alpha value is -1.46. The number of likely N-dealkylation sites (tertiary alicyclic amines) is 1. The smallest absolute Gasteiger partial charge is 0.234 e. The highest BCUT2D eigenvalue weighted by Gasteiger charge is 2.32. The van der Waals surface area contributed by atoms with E-state index in [0.717, 1.165) is 31.4 Å². The molecule has 2 heterocycles. The second-order valence-electron chi connectivity index (χ2n) is 4.68. The highest BCUT2D eigenvalue weighted by Crippen LogP contribution is 2.27. The molecular formula is C13H20N4O. The summed E-state index contributed by atoms with van der Waals surface area (Å²) in [4.78, 5) is 17.7. The van der Waals surface area contributed by atoms with Crippen LogP contribution < -0.4 is 11.5 Å². The summed E-state index contributed by atoms with van der Waals surface area (Å²) in [6.07, 6.45) is 6.47. The summed E-state index contributed by atoms with van der Waals surface area (Å²) < 4.78 is 0. The van der Waals surface area contributed by atoms with Gasteiger partial charge in [-0.05, 0) is 37.1 Å². The maximum Gasteiger partial charge on any atom is 0.234 e. The molecule has 98 valence electrons. The Morgan fingerprint density at radius 3 is 2.78 bits per heavy atom. The molecule has 1 aliphatic rings. The molecule has 1 aromatic rings. The average molecular weight is 248 g/mol. The first-order chi connectivity index (χ1) is 8.74. The van der Waals surface area contributed by atoms with Crippen LogP contribution in [0.1, 0.15) is 30.9 Å². The number of amides is 1. The van der Waals surface area contributed by atoms with Crippen LogP contribution in [0.15, 0.2) is 24.5 Å². The first-order valence-corrected chi connectivity index (χ1v) is 6.39. The second kappa shape index (κ2) is 5.93. The van der Waals surface area contributed by atoms with E-state index >= 15 is 0 Å². The fourth-order valence-electron chi connectivity index (χ4n) is 2.68. The van der Waals surface area contributed by atoms with Crippen molar-refractivity contribution in [3.8, 4) is 0 Å². The van der Waals surface area contributed by atoms with Crippen LogP contribution in [0.25, 0.3) is 0 Å². The highest BCUT2D eigenvalue weighted by atomic mass is 16.1. The van der Waals surface area contributed by atoms with Gasteiger partial charge in [0.05, 0.1) is 6.04 Å².